The molecule has 142 valence electrons. The monoisotopic (exact) mass is 383 g/mol. The molecule has 0 atom stereocenters. The highest BCUT2D eigenvalue weighted by molar-refractivity contribution is 7.98. The highest BCUT2D eigenvalue weighted by Crippen LogP contribution is 2.17. The number of imidazole rings is 1. The number of thioether (sulfide) groups is 1. The highest BCUT2D eigenvalue weighted by atomic mass is 32.2. The van der Waals surface area contributed by atoms with Crippen LogP contribution >= 0.6 is 11.8 Å². The fourth-order valence-corrected chi connectivity index (χ4v) is 3.55. The summed E-state index contributed by atoms with van der Waals surface area (Å²) in [6.07, 6.45) is 4.76. The summed E-state index contributed by atoms with van der Waals surface area (Å²) >= 11 is 1.53. The summed E-state index contributed by atoms with van der Waals surface area (Å²) in [7, 11) is 0. The van der Waals surface area contributed by atoms with Gasteiger partial charge in [-0.25, -0.2) is 15.0 Å². The quantitative estimate of drug-likeness (QED) is 0.354. The van der Waals surface area contributed by atoms with Gasteiger partial charge in [0.2, 0.25) is 5.91 Å². The van der Waals surface area contributed by atoms with Crippen LogP contribution in [0, 0.1) is 13.8 Å². The molecule has 2 aromatic heterocycles. The van der Waals surface area contributed by atoms with Gasteiger partial charge in [-0.05, 0) is 50.6 Å². The van der Waals surface area contributed by atoms with Crippen LogP contribution in [-0.4, -0.2) is 38.6 Å². The van der Waals surface area contributed by atoms with E-state index in [4.69, 9.17) is 0 Å². The van der Waals surface area contributed by atoms with E-state index >= 15 is 0 Å². The molecule has 6 nitrogen and oxygen atoms in total. The molecule has 0 bridgehead atoms. The smallest absolute Gasteiger partial charge is 0.220 e. The number of hydrogen-bond donors (Lipinski definition) is 2. The van der Waals surface area contributed by atoms with E-state index in [9.17, 15) is 4.79 Å². The van der Waals surface area contributed by atoms with Crippen molar-refractivity contribution in [3.8, 4) is 0 Å². The summed E-state index contributed by atoms with van der Waals surface area (Å²) in [5, 5.41) is 3.77. The molecule has 2 heterocycles. The minimum atomic E-state index is 0.0624. The summed E-state index contributed by atoms with van der Waals surface area (Å²) in [6.45, 7) is 4.61. The first-order valence-electron chi connectivity index (χ1n) is 9.15. The number of aryl methyl sites for hydroxylation is 3. The molecule has 0 saturated carbocycles. The summed E-state index contributed by atoms with van der Waals surface area (Å²) < 4.78 is 0. The van der Waals surface area contributed by atoms with Crippen molar-refractivity contribution >= 4 is 28.7 Å². The van der Waals surface area contributed by atoms with Crippen molar-refractivity contribution in [3.05, 3.63) is 47.0 Å². The number of aromatic nitrogens is 4. The molecule has 0 unspecified atom stereocenters. The minimum Gasteiger partial charge on any atom is -0.356 e. The first-order valence-corrected chi connectivity index (χ1v) is 10.4. The molecule has 0 aliphatic heterocycles. The molecule has 0 fully saturated rings. The average molecular weight is 384 g/mol. The maximum absolute atomic E-state index is 12.1. The molecule has 0 spiro atoms. The fourth-order valence-electron chi connectivity index (χ4n) is 3.10. The lowest BCUT2D eigenvalue weighted by atomic mass is 10.1. The lowest BCUT2D eigenvalue weighted by Crippen LogP contribution is -2.25. The molecule has 3 rings (SSSR count). The van der Waals surface area contributed by atoms with Gasteiger partial charge in [0.25, 0.3) is 0 Å². The first kappa shape index (κ1) is 19.4. The van der Waals surface area contributed by atoms with E-state index in [1.165, 1.54) is 11.8 Å². The molecular weight excluding hydrogens is 358 g/mol. The summed E-state index contributed by atoms with van der Waals surface area (Å²) in [5.41, 5.74) is 5.04. The van der Waals surface area contributed by atoms with Crippen LogP contribution in [0.25, 0.3) is 11.0 Å². The molecule has 1 amide bonds. The van der Waals surface area contributed by atoms with Gasteiger partial charge < -0.3 is 10.3 Å². The number of rotatable bonds is 8. The molecule has 0 aliphatic rings. The van der Waals surface area contributed by atoms with Gasteiger partial charge in [-0.3, -0.25) is 4.79 Å². The van der Waals surface area contributed by atoms with Crippen molar-refractivity contribution in [1.82, 2.24) is 25.3 Å². The number of nitrogens with one attached hydrogen (secondary N) is 2. The molecule has 3 aromatic rings. The SMILES string of the molecule is CSc1nc(C)c(CCC(=O)NCCCc2nc3ccccc3[nH]2)c(C)n1. The van der Waals surface area contributed by atoms with Gasteiger partial charge in [-0.1, -0.05) is 23.9 Å². The third-order valence-electron chi connectivity index (χ3n) is 4.54. The number of nitrogens with zero attached hydrogens (tertiary/aromatic N) is 3. The number of hydrogen-bond acceptors (Lipinski definition) is 5. The predicted molar refractivity (Wildman–Crippen MR) is 109 cm³/mol. The summed E-state index contributed by atoms with van der Waals surface area (Å²) in [6, 6.07) is 7.99. The second kappa shape index (κ2) is 8.99. The van der Waals surface area contributed by atoms with Gasteiger partial charge >= 0.3 is 0 Å². The molecule has 27 heavy (non-hydrogen) atoms. The van der Waals surface area contributed by atoms with Gasteiger partial charge in [0.15, 0.2) is 5.16 Å². The number of aromatic amines is 1. The molecule has 1 aromatic carbocycles. The Hall–Kier alpha value is -2.41. The van der Waals surface area contributed by atoms with Gasteiger partial charge in [0, 0.05) is 30.8 Å². The van der Waals surface area contributed by atoms with Crippen molar-refractivity contribution in [1.29, 1.82) is 0 Å². The number of H-pyrrole nitrogens is 1. The van der Waals surface area contributed by atoms with Crippen LogP contribution in [0.1, 0.15) is 35.6 Å². The molecule has 0 radical (unpaired) electrons. The van der Waals surface area contributed by atoms with E-state index in [0.717, 1.165) is 51.8 Å². The second-order valence-electron chi connectivity index (χ2n) is 6.51. The Balaban J connectivity index is 1.42. The van der Waals surface area contributed by atoms with Crippen LogP contribution < -0.4 is 5.32 Å². The zero-order valence-corrected chi connectivity index (χ0v) is 16.8. The lowest BCUT2D eigenvalue weighted by Gasteiger charge is -2.10. The van der Waals surface area contributed by atoms with Crippen LogP contribution in [0.3, 0.4) is 0 Å². The van der Waals surface area contributed by atoms with Crippen LogP contribution in [0.2, 0.25) is 0 Å². The van der Waals surface area contributed by atoms with Gasteiger partial charge in [0.05, 0.1) is 11.0 Å². The van der Waals surface area contributed by atoms with Crippen molar-refractivity contribution in [2.24, 2.45) is 0 Å². The van der Waals surface area contributed by atoms with Crippen molar-refractivity contribution < 1.29 is 4.79 Å². The van der Waals surface area contributed by atoms with E-state index in [2.05, 4.69) is 25.3 Å². The van der Waals surface area contributed by atoms with Gasteiger partial charge in [0.1, 0.15) is 5.82 Å². The molecule has 0 saturated heterocycles. The maximum atomic E-state index is 12.1. The van der Waals surface area contributed by atoms with E-state index in [1.54, 1.807) is 0 Å². The Labute approximate surface area is 163 Å². The largest absolute Gasteiger partial charge is 0.356 e. The number of fused-ring (bicyclic) bond motifs is 1. The lowest BCUT2D eigenvalue weighted by molar-refractivity contribution is -0.121. The second-order valence-corrected chi connectivity index (χ2v) is 7.29. The molecular formula is C20H25N5OS. The zero-order valence-electron chi connectivity index (χ0n) is 16.0. The Morgan fingerprint density at radius 1 is 1.11 bits per heavy atom. The van der Waals surface area contributed by atoms with E-state index in [-0.39, 0.29) is 5.91 Å². The molecule has 2 N–H and O–H groups in total. The normalized spacial score (nSPS) is 11.1. The Morgan fingerprint density at radius 2 is 1.85 bits per heavy atom. The Bertz CT molecular complexity index is 881. The summed E-state index contributed by atoms with van der Waals surface area (Å²) in [5.74, 6) is 1.02. The van der Waals surface area contributed by atoms with E-state index < -0.39 is 0 Å². The first-order chi connectivity index (χ1) is 13.1. The topological polar surface area (TPSA) is 83.6 Å². The Kier molecular flexibility index (Phi) is 6.45. The van der Waals surface area contributed by atoms with Crippen LogP contribution in [0.5, 0.6) is 0 Å². The standard InChI is InChI=1S/C20H25N5OS/c1-13-15(14(2)23-20(22-13)27-3)10-11-19(26)21-12-6-9-18-24-16-7-4-5-8-17(16)25-18/h4-5,7-8H,6,9-12H2,1-3H3,(H,21,26)(H,24,25). The van der Waals surface area contributed by atoms with E-state index in [0.29, 0.717) is 19.4 Å². The van der Waals surface area contributed by atoms with Crippen molar-refractivity contribution in [3.63, 3.8) is 0 Å². The average Bonchev–Trinajstić information content (AvgIpc) is 3.07. The fraction of sp³-hybridized carbons (Fsp3) is 0.400. The van der Waals surface area contributed by atoms with Crippen LogP contribution in [-0.2, 0) is 17.6 Å². The van der Waals surface area contributed by atoms with Crippen LogP contribution in [0.4, 0.5) is 0 Å². The predicted octanol–water partition coefficient (Wildman–Crippen LogP) is 3.37. The molecule has 0 aliphatic carbocycles. The van der Waals surface area contributed by atoms with Gasteiger partial charge in [-0.2, -0.15) is 0 Å². The third kappa shape index (κ3) is 5.07. The van der Waals surface area contributed by atoms with Gasteiger partial charge in [-0.15, -0.1) is 0 Å². The number of amides is 1. The van der Waals surface area contributed by atoms with Crippen molar-refractivity contribution in [2.45, 2.75) is 44.7 Å². The number of carbonyl (C=O) groups is 1. The number of benzene rings is 1. The number of carbonyl (C=O) groups excluding carboxylic acids is 1. The number of para-hydroxylation sites is 2. The van der Waals surface area contributed by atoms with Crippen LogP contribution in [0.15, 0.2) is 29.4 Å². The highest BCUT2D eigenvalue weighted by Gasteiger charge is 2.10. The zero-order chi connectivity index (χ0) is 19.2. The summed E-state index contributed by atoms with van der Waals surface area (Å²) in [4.78, 5) is 28.9. The Morgan fingerprint density at radius 3 is 2.56 bits per heavy atom. The molecule has 7 heteroatoms. The third-order valence-corrected chi connectivity index (χ3v) is 5.08. The van der Waals surface area contributed by atoms with E-state index in [1.807, 2.05) is 44.4 Å². The maximum Gasteiger partial charge on any atom is 0.220 e. The minimum absolute atomic E-state index is 0.0624. The van der Waals surface area contributed by atoms with Crippen molar-refractivity contribution in [2.75, 3.05) is 12.8 Å².